The standard InChI is InChI=1S/C18H27N3O2/c22-18(19-13-17-7-4-12-23-17)15-21-10-8-20(9-11-21)14-16-5-2-1-3-6-16/h1-3,5-6,17H,4,7-15H2,(H,19,22)/t17-/m0/s1. The van der Waals surface area contributed by atoms with E-state index in [0.717, 1.165) is 52.2 Å². The normalized spacial score (nSPS) is 23.0. The largest absolute Gasteiger partial charge is 0.376 e. The number of nitrogens with zero attached hydrogens (tertiary/aromatic N) is 2. The molecule has 2 fully saturated rings. The van der Waals surface area contributed by atoms with Gasteiger partial charge in [-0.25, -0.2) is 0 Å². The molecule has 1 amide bonds. The Morgan fingerprint density at radius 3 is 2.57 bits per heavy atom. The van der Waals surface area contributed by atoms with Gasteiger partial charge in [-0.05, 0) is 18.4 Å². The number of piperazine rings is 1. The molecule has 0 saturated carbocycles. The van der Waals surface area contributed by atoms with Crippen molar-refractivity contribution < 1.29 is 9.53 Å². The third-order valence-corrected chi connectivity index (χ3v) is 4.63. The van der Waals surface area contributed by atoms with Crippen LogP contribution in [0.2, 0.25) is 0 Å². The second kappa shape index (κ2) is 8.43. The lowest BCUT2D eigenvalue weighted by molar-refractivity contribution is -0.123. The lowest BCUT2D eigenvalue weighted by atomic mass is 10.2. The van der Waals surface area contributed by atoms with Crippen LogP contribution in [0.25, 0.3) is 0 Å². The zero-order valence-corrected chi connectivity index (χ0v) is 13.7. The van der Waals surface area contributed by atoms with Crippen molar-refractivity contribution in [3.8, 4) is 0 Å². The third kappa shape index (κ3) is 5.30. The maximum atomic E-state index is 12.0. The number of hydrogen-bond donors (Lipinski definition) is 1. The van der Waals surface area contributed by atoms with Gasteiger partial charge in [0.15, 0.2) is 0 Å². The Morgan fingerprint density at radius 2 is 1.87 bits per heavy atom. The van der Waals surface area contributed by atoms with E-state index in [1.165, 1.54) is 5.56 Å². The van der Waals surface area contributed by atoms with Crippen molar-refractivity contribution in [1.82, 2.24) is 15.1 Å². The fraction of sp³-hybridized carbons (Fsp3) is 0.611. The summed E-state index contributed by atoms with van der Waals surface area (Å²) in [5.74, 6) is 0.122. The Kier molecular flexibility index (Phi) is 6.02. The molecule has 5 nitrogen and oxygen atoms in total. The van der Waals surface area contributed by atoms with Gasteiger partial charge in [-0.1, -0.05) is 30.3 Å². The van der Waals surface area contributed by atoms with Crippen molar-refractivity contribution in [3.63, 3.8) is 0 Å². The molecule has 3 rings (SSSR count). The second-order valence-electron chi connectivity index (χ2n) is 6.48. The van der Waals surface area contributed by atoms with Crippen LogP contribution < -0.4 is 5.32 Å². The van der Waals surface area contributed by atoms with E-state index in [4.69, 9.17) is 4.74 Å². The Balaban J connectivity index is 1.33. The van der Waals surface area contributed by atoms with E-state index in [0.29, 0.717) is 13.1 Å². The van der Waals surface area contributed by atoms with Crippen LogP contribution in [0.4, 0.5) is 0 Å². The topological polar surface area (TPSA) is 44.8 Å². The fourth-order valence-electron chi connectivity index (χ4n) is 3.24. The van der Waals surface area contributed by atoms with E-state index >= 15 is 0 Å². The molecule has 2 saturated heterocycles. The summed E-state index contributed by atoms with van der Waals surface area (Å²) in [6.45, 7) is 6.96. The van der Waals surface area contributed by atoms with Crippen molar-refractivity contribution >= 4 is 5.91 Å². The minimum absolute atomic E-state index is 0.122. The quantitative estimate of drug-likeness (QED) is 0.853. The summed E-state index contributed by atoms with van der Waals surface area (Å²) in [7, 11) is 0. The van der Waals surface area contributed by atoms with Gasteiger partial charge in [-0.15, -0.1) is 0 Å². The lowest BCUT2D eigenvalue weighted by Crippen LogP contribution is -2.49. The smallest absolute Gasteiger partial charge is 0.234 e. The number of benzene rings is 1. The van der Waals surface area contributed by atoms with E-state index in [1.54, 1.807) is 0 Å². The summed E-state index contributed by atoms with van der Waals surface area (Å²) in [5.41, 5.74) is 1.36. The Labute approximate surface area is 138 Å². The van der Waals surface area contributed by atoms with Gasteiger partial charge in [-0.3, -0.25) is 14.6 Å². The zero-order valence-electron chi connectivity index (χ0n) is 13.7. The van der Waals surface area contributed by atoms with E-state index in [2.05, 4.69) is 45.4 Å². The van der Waals surface area contributed by atoms with Gasteiger partial charge < -0.3 is 10.1 Å². The van der Waals surface area contributed by atoms with Crippen LogP contribution >= 0.6 is 0 Å². The van der Waals surface area contributed by atoms with Gasteiger partial charge in [0.1, 0.15) is 0 Å². The molecule has 0 spiro atoms. The van der Waals surface area contributed by atoms with Gasteiger partial charge >= 0.3 is 0 Å². The maximum absolute atomic E-state index is 12.0. The summed E-state index contributed by atoms with van der Waals surface area (Å²) in [4.78, 5) is 16.7. The minimum atomic E-state index is 0.122. The first-order valence-corrected chi connectivity index (χ1v) is 8.66. The highest BCUT2D eigenvalue weighted by molar-refractivity contribution is 5.78. The zero-order chi connectivity index (χ0) is 15.9. The summed E-state index contributed by atoms with van der Waals surface area (Å²) >= 11 is 0. The number of rotatable bonds is 6. The summed E-state index contributed by atoms with van der Waals surface area (Å²) < 4.78 is 5.53. The third-order valence-electron chi connectivity index (χ3n) is 4.63. The molecular weight excluding hydrogens is 290 g/mol. The van der Waals surface area contributed by atoms with Crippen molar-refractivity contribution in [2.24, 2.45) is 0 Å². The Hall–Kier alpha value is -1.43. The van der Waals surface area contributed by atoms with Crippen LogP contribution in [0.5, 0.6) is 0 Å². The molecule has 0 radical (unpaired) electrons. The van der Waals surface area contributed by atoms with Crippen LogP contribution in [-0.2, 0) is 16.1 Å². The van der Waals surface area contributed by atoms with Gasteiger partial charge in [0.2, 0.25) is 5.91 Å². The molecule has 23 heavy (non-hydrogen) atoms. The van der Waals surface area contributed by atoms with Crippen molar-refractivity contribution in [3.05, 3.63) is 35.9 Å². The van der Waals surface area contributed by atoms with Crippen molar-refractivity contribution in [1.29, 1.82) is 0 Å². The van der Waals surface area contributed by atoms with E-state index in [9.17, 15) is 4.79 Å². The molecule has 126 valence electrons. The molecule has 2 aliphatic rings. The predicted molar refractivity (Wildman–Crippen MR) is 90.1 cm³/mol. The molecule has 0 aromatic heterocycles. The molecule has 0 unspecified atom stereocenters. The first-order valence-electron chi connectivity index (χ1n) is 8.66. The van der Waals surface area contributed by atoms with E-state index in [1.807, 2.05) is 0 Å². The molecule has 2 heterocycles. The van der Waals surface area contributed by atoms with Crippen molar-refractivity contribution in [2.75, 3.05) is 45.9 Å². The van der Waals surface area contributed by atoms with Crippen LogP contribution in [0.1, 0.15) is 18.4 Å². The first-order chi connectivity index (χ1) is 11.3. The maximum Gasteiger partial charge on any atom is 0.234 e. The van der Waals surface area contributed by atoms with Crippen LogP contribution in [0.15, 0.2) is 30.3 Å². The summed E-state index contributed by atoms with van der Waals surface area (Å²) in [5, 5.41) is 3.00. The number of ether oxygens (including phenoxy) is 1. The van der Waals surface area contributed by atoms with E-state index in [-0.39, 0.29) is 12.0 Å². The minimum Gasteiger partial charge on any atom is -0.376 e. The average molecular weight is 317 g/mol. The monoisotopic (exact) mass is 317 g/mol. The van der Waals surface area contributed by atoms with Gasteiger partial charge in [0, 0.05) is 45.9 Å². The Bertz CT molecular complexity index is 480. The highest BCUT2D eigenvalue weighted by Gasteiger charge is 2.20. The summed E-state index contributed by atoms with van der Waals surface area (Å²) in [6.07, 6.45) is 2.41. The predicted octanol–water partition coefficient (Wildman–Crippen LogP) is 1.10. The molecular formula is C18H27N3O2. The molecule has 1 atom stereocenters. The molecule has 1 aromatic carbocycles. The van der Waals surface area contributed by atoms with Gasteiger partial charge in [0.05, 0.1) is 12.6 Å². The summed E-state index contributed by atoms with van der Waals surface area (Å²) in [6, 6.07) is 10.6. The first kappa shape index (κ1) is 16.4. The average Bonchev–Trinajstić information content (AvgIpc) is 3.09. The number of carbonyl (C=O) groups is 1. The van der Waals surface area contributed by atoms with Gasteiger partial charge in [-0.2, -0.15) is 0 Å². The van der Waals surface area contributed by atoms with Gasteiger partial charge in [0.25, 0.3) is 0 Å². The number of carbonyl (C=O) groups excluding carboxylic acids is 1. The fourth-order valence-corrected chi connectivity index (χ4v) is 3.24. The van der Waals surface area contributed by atoms with Crippen LogP contribution in [0, 0.1) is 0 Å². The molecule has 0 aliphatic carbocycles. The molecule has 0 bridgehead atoms. The lowest BCUT2D eigenvalue weighted by Gasteiger charge is -2.34. The highest BCUT2D eigenvalue weighted by Crippen LogP contribution is 2.11. The molecule has 2 aliphatic heterocycles. The van der Waals surface area contributed by atoms with Crippen LogP contribution in [-0.4, -0.2) is 67.7 Å². The molecule has 5 heteroatoms. The van der Waals surface area contributed by atoms with Crippen molar-refractivity contribution in [2.45, 2.75) is 25.5 Å². The van der Waals surface area contributed by atoms with E-state index < -0.39 is 0 Å². The SMILES string of the molecule is O=C(CN1CCN(Cc2ccccc2)CC1)NC[C@@H]1CCCO1. The number of amides is 1. The molecule has 1 aromatic rings. The second-order valence-corrected chi connectivity index (χ2v) is 6.48. The number of nitrogens with one attached hydrogen (secondary N) is 1. The highest BCUT2D eigenvalue weighted by atomic mass is 16.5. The number of hydrogen-bond acceptors (Lipinski definition) is 4. The molecule has 1 N–H and O–H groups in total. The van der Waals surface area contributed by atoms with Crippen LogP contribution in [0.3, 0.4) is 0 Å². The Morgan fingerprint density at radius 1 is 1.13 bits per heavy atom.